The van der Waals surface area contributed by atoms with Gasteiger partial charge in [-0.15, -0.1) is 11.3 Å². The number of H-pyrrole nitrogens is 1. The summed E-state index contributed by atoms with van der Waals surface area (Å²) < 4.78 is 4.01. The Kier molecular flexibility index (Phi) is 6.75. The summed E-state index contributed by atoms with van der Waals surface area (Å²) in [5.74, 6) is -1.54. The normalized spacial score (nSPS) is 14.7. The highest BCUT2D eigenvalue weighted by Crippen LogP contribution is 2.34. The van der Waals surface area contributed by atoms with Gasteiger partial charge < -0.3 is 26.7 Å². The number of nitrogens with one attached hydrogen (secondary N) is 2. The summed E-state index contributed by atoms with van der Waals surface area (Å²) in [5.41, 5.74) is 12.9. The van der Waals surface area contributed by atoms with E-state index in [1.165, 1.54) is 16.2 Å². The molecule has 3 aromatic heterocycles. The van der Waals surface area contributed by atoms with E-state index in [9.17, 15) is 14.4 Å². The summed E-state index contributed by atoms with van der Waals surface area (Å²) in [6.07, 6.45) is 5.73. The highest BCUT2D eigenvalue weighted by atomic mass is 32.1. The van der Waals surface area contributed by atoms with Gasteiger partial charge in [0.05, 0.1) is 12.2 Å². The van der Waals surface area contributed by atoms with Crippen molar-refractivity contribution in [2.75, 3.05) is 5.73 Å². The first-order chi connectivity index (χ1) is 17.4. The monoisotopic (exact) mass is 522 g/mol. The van der Waals surface area contributed by atoms with E-state index in [2.05, 4.69) is 14.7 Å². The maximum atomic E-state index is 14.0. The second-order valence-electron chi connectivity index (χ2n) is 8.83. The van der Waals surface area contributed by atoms with Crippen LogP contribution in [0.4, 0.5) is 5.69 Å². The van der Waals surface area contributed by atoms with E-state index in [4.69, 9.17) is 11.5 Å². The molecular weight excluding hydrogens is 496 g/mol. The van der Waals surface area contributed by atoms with Gasteiger partial charge in [0, 0.05) is 33.6 Å². The van der Waals surface area contributed by atoms with Gasteiger partial charge in [0.25, 0.3) is 11.8 Å². The molecule has 3 amide bonds. The minimum Gasteiger partial charge on any atom is -0.395 e. The number of hydrogen-bond acceptors (Lipinski definition) is 7. The number of carbonyl (C=O) groups is 3. The minimum atomic E-state index is -0.935. The maximum Gasteiger partial charge on any atom is 0.270 e. The molecule has 11 heteroatoms. The fraction of sp³-hybridized carbons (Fsp3) is 0.280. The van der Waals surface area contributed by atoms with Gasteiger partial charge in [0.2, 0.25) is 5.91 Å². The summed E-state index contributed by atoms with van der Waals surface area (Å²) >= 11 is 2.30. The van der Waals surface area contributed by atoms with Crippen LogP contribution < -0.4 is 16.8 Å². The van der Waals surface area contributed by atoms with Crippen LogP contribution in [0.2, 0.25) is 0 Å². The average molecular weight is 523 g/mol. The molecule has 1 saturated carbocycles. The Balaban J connectivity index is 1.62. The molecule has 0 radical (unpaired) electrons. The van der Waals surface area contributed by atoms with Crippen LogP contribution in [-0.2, 0) is 11.3 Å². The van der Waals surface area contributed by atoms with Gasteiger partial charge in [-0.05, 0) is 41.9 Å². The molecule has 5 rings (SSSR count). The molecule has 6 N–H and O–H groups in total. The van der Waals surface area contributed by atoms with Gasteiger partial charge in [0.1, 0.15) is 10.9 Å². The van der Waals surface area contributed by atoms with E-state index in [0.29, 0.717) is 5.56 Å². The van der Waals surface area contributed by atoms with Crippen LogP contribution >= 0.6 is 22.9 Å². The molecule has 1 fully saturated rings. The summed E-state index contributed by atoms with van der Waals surface area (Å²) in [5, 5.41) is 5.95. The summed E-state index contributed by atoms with van der Waals surface area (Å²) in [7, 11) is 0. The number of primary amides is 1. The topological polar surface area (TPSA) is 147 Å². The molecule has 36 heavy (non-hydrogen) atoms. The van der Waals surface area contributed by atoms with Crippen LogP contribution in [0, 0.1) is 0 Å². The number of nitrogen functional groups attached to an aromatic ring is 1. The van der Waals surface area contributed by atoms with Gasteiger partial charge in [-0.1, -0.05) is 37.1 Å². The lowest BCUT2D eigenvalue weighted by atomic mass is 10.0. The van der Waals surface area contributed by atoms with Crippen molar-refractivity contribution in [1.29, 1.82) is 0 Å². The van der Waals surface area contributed by atoms with E-state index < -0.39 is 17.9 Å². The number of amides is 3. The number of fused-ring (bicyclic) bond motifs is 1. The molecule has 186 valence electrons. The molecule has 0 aliphatic heterocycles. The van der Waals surface area contributed by atoms with Crippen LogP contribution in [0.5, 0.6) is 0 Å². The van der Waals surface area contributed by atoms with E-state index in [1.54, 1.807) is 6.20 Å². The minimum absolute atomic E-state index is 0.0671. The van der Waals surface area contributed by atoms with Crippen molar-refractivity contribution in [1.82, 2.24) is 19.6 Å². The van der Waals surface area contributed by atoms with Crippen LogP contribution in [0.3, 0.4) is 0 Å². The zero-order chi connectivity index (χ0) is 25.2. The van der Waals surface area contributed by atoms with E-state index in [0.717, 1.165) is 53.0 Å². The predicted octanol–water partition coefficient (Wildman–Crippen LogP) is 3.81. The fourth-order valence-corrected chi connectivity index (χ4v) is 6.20. The SMILES string of the molecule is NC(=O)c1nsc(C(=O)N(Cc2cccs2)[C@@H](C(=O)NC2CCCC2)c2c[nH]c3ccccc23)c1N. The fourth-order valence-electron chi connectivity index (χ4n) is 4.73. The van der Waals surface area contributed by atoms with Gasteiger partial charge in [-0.3, -0.25) is 14.4 Å². The molecule has 0 bridgehead atoms. The third-order valence-corrected chi connectivity index (χ3v) is 8.21. The quantitative estimate of drug-likeness (QED) is 0.278. The molecule has 1 aliphatic carbocycles. The number of aromatic nitrogens is 2. The first-order valence-electron chi connectivity index (χ1n) is 11.7. The smallest absolute Gasteiger partial charge is 0.270 e. The Hall–Kier alpha value is -3.70. The number of aromatic amines is 1. The maximum absolute atomic E-state index is 14.0. The van der Waals surface area contributed by atoms with Crippen LogP contribution in [0.1, 0.15) is 62.3 Å². The number of benzene rings is 1. The van der Waals surface area contributed by atoms with Crippen molar-refractivity contribution in [3.8, 4) is 0 Å². The van der Waals surface area contributed by atoms with Crippen molar-refractivity contribution in [2.24, 2.45) is 5.73 Å². The molecule has 1 aliphatic rings. The zero-order valence-corrected chi connectivity index (χ0v) is 21.0. The van der Waals surface area contributed by atoms with Gasteiger partial charge in [0.15, 0.2) is 5.69 Å². The average Bonchev–Trinajstić information content (AvgIpc) is 3.66. The lowest BCUT2D eigenvalue weighted by molar-refractivity contribution is -0.126. The number of nitrogens with zero attached hydrogens (tertiary/aromatic N) is 2. The molecule has 3 heterocycles. The third-order valence-electron chi connectivity index (χ3n) is 6.50. The molecule has 1 aromatic carbocycles. The third kappa shape index (κ3) is 4.59. The van der Waals surface area contributed by atoms with E-state index in [-0.39, 0.29) is 34.8 Å². The van der Waals surface area contributed by atoms with Crippen molar-refractivity contribution in [2.45, 2.75) is 44.3 Å². The molecule has 0 saturated heterocycles. The molecule has 4 aromatic rings. The number of nitrogens with two attached hydrogens (primary N) is 2. The van der Waals surface area contributed by atoms with Crippen LogP contribution in [0.25, 0.3) is 10.9 Å². The van der Waals surface area contributed by atoms with Gasteiger partial charge in [-0.2, -0.15) is 4.37 Å². The van der Waals surface area contributed by atoms with E-state index >= 15 is 0 Å². The number of carbonyl (C=O) groups excluding carboxylic acids is 3. The lowest BCUT2D eigenvalue weighted by Gasteiger charge is -2.31. The summed E-state index contributed by atoms with van der Waals surface area (Å²) in [6.45, 7) is 0.183. The van der Waals surface area contributed by atoms with Crippen LogP contribution in [-0.4, -0.2) is 38.0 Å². The second-order valence-corrected chi connectivity index (χ2v) is 10.6. The lowest BCUT2D eigenvalue weighted by Crippen LogP contribution is -2.45. The standard InChI is InChI=1S/C25H26N6O3S2/c26-19-20(23(27)32)30-36-22(19)25(34)31(13-15-8-5-11-35-15)21(24(33)29-14-6-1-2-7-14)17-12-28-18-10-4-3-9-16(17)18/h3-5,8-12,14,21,28H,1-2,6-7,13,26H2,(H2,27,32)(H,29,33)/t21-/m1/s1. The number of anilines is 1. The van der Waals surface area contributed by atoms with Crippen molar-refractivity contribution in [3.63, 3.8) is 0 Å². The number of rotatable bonds is 8. The van der Waals surface area contributed by atoms with Crippen molar-refractivity contribution >= 4 is 57.2 Å². The zero-order valence-electron chi connectivity index (χ0n) is 19.4. The van der Waals surface area contributed by atoms with Gasteiger partial charge >= 0.3 is 0 Å². The largest absolute Gasteiger partial charge is 0.395 e. The Morgan fingerprint density at radius 1 is 1.17 bits per heavy atom. The molecule has 9 nitrogen and oxygen atoms in total. The molecule has 0 unspecified atom stereocenters. The Morgan fingerprint density at radius 3 is 2.64 bits per heavy atom. The van der Waals surface area contributed by atoms with Crippen molar-refractivity contribution in [3.05, 3.63) is 69.0 Å². The predicted molar refractivity (Wildman–Crippen MR) is 141 cm³/mol. The molecule has 1 atom stereocenters. The van der Waals surface area contributed by atoms with Crippen LogP contribution in [0.15, 0.2) is 48.0 Å². The number of hydrogen-bond donors (Lipinski definition) is 4. The first-order valence-corrected chi connectivity index (χ1v) is 13.3. The second kappa shape index (κ2) is 10.1. The Labute approximate surface area is 215 Å². The number of para-hydroxylation sites is 1. The molecule has 0 spiro atoms. The highest BCUT2D eigenvalue weighted by Gasteiger charge is 2.37. The summed E-state index contributed by atoms with van der Waals surface area (Å²) in [4.78, 5) is 45.4. The Morgan fingerprint density at radius 2 is 1.94 bits per heavy atom. The van der Waals surface area contributed by atoms with Gasteiger partial charge in [-0.25, -0.2) is 0 Å². The molecular formula is C25H26N6O3S2. The summed E-state index contributed by atoms with van der Waals surface area (Å²) in [6, 6.07) is 10.6. The Bertz CT molecular complexity index is 1400. The van der Waals surface area contributed by atoms with Crippen molar-refractivity contribution < 1.29 is 14.4 Å². The number of thiophene rings is 1. The first kappa shape index (κ1) is 24.0. The van der Waals surface area contributed by atoms with E-state index in [1.807, 2.05) is 41.8 Å². The highest BCUT2D eigenvalue weighted by molar-refractivity contribution is 7.10.